The van der Waals surface area contributed by atoms with Gasteiger partial charge in [0, 0.05) is 113 Å². The third-order valence-corrected chi connectivity index (χ3v) is 21.2. The third-order valence-electron chi connectivity index (χ3n) is 21.2. The van der Waals surface area contributed by atoms with Gasteiger partial charge in [-0.1, -0.05) is 291 Å². The highest BCUT2D eigenvalue weighted by Crippen LogP contribution is 2.39. The molecule has 0 aliphatic rings. The molecule has 13 heteroatoms. The molecule has 13 nitrogen and oxygen atoms in total. The molecule has 3 aromatic heterocycles. The van der Waals surface area contributed by atoms with Gasteiger partial charge >= 0.3 is 5.97 Å². The van der Waals surface area contributed by atoms with E-state index in [4.69, 9.17) is 13.9 Å². The van der Waals surface area contributed by atoms with E-state index in [-0.39, 0.29) is 107 Å². The predicted octanol–water partition coefficient (Wildman–Crippen LogP) is 32.2. The molecule has 15 aromatic rings. The highest BCUT2D eigenvalue weighted by atomic mass is 16.5. The average Bonchev–Trinajstić information content (AvgIpc) is 1.60. The molecule has 0 saturated carbocycles. The van der Waals surface area contributed by atoms with Crippen LogP contribution in [0, 0.1) is 5.92 Å². The van der Waals surface area contributed by atoms with Crippen LogP contribution in [0.5, 0.6) is 5.75 Å². The molecule has 15 rings (SSSR count). The third kappa shape index (κ3) is 27.0. The molecule has 126 heavy (non-hydrogen) atoms. The van der Waals surface area contributed by atoms with Crippen molar-refractivity contribution in [3.8, 4) is 28.7 Å². The molecule has 0 saturated heterocycles. The molecular formula is C113H136N6O7. The molecule has 4 atom stereocenters. The Hall–Kier alpha value is -13.5. The fourth-order valence-electron chi connectivity index (χ4n) is 13.7. The second kappa shape index (κ2) is 50.3. The number of amides is 1. The van der Waals surface area contributed by atoms with E-state index in [9.17, 15) is 19.2 Å². The Morgan fingerprint density at radius 2 is 0.810 bits per heavy atom. The minimum Gasteiger partial charge on any atom is -0.491 e. The Morgan fingerprint density at radius 3 is 1.27 bits per heavy atom. The zero-order valence-electron chi connectivity index (χ0n) is 69.3. The van der Waals surface area contributed by atoms with Crippen molar-refractivity contribution in [2.75, 3.05) is 10.2 Å². The van der Waals surface area contributed by atoms with E-state index in [0.29, 0.717) is 29.4 Å². The van der Waals surface area contributed by atoms with Crippen LogP contribution >= 0.6 is 0 Å². The topological polar surface area (TPSA) is 151 Å². The number of aromatic nitrogens is 4. The molecule has 1 N–H and O–H groups in total. The number of nitrogens with one attached hydrogen (secondary N) is 1. The Labute approximate surface area is 752 Å². The number of allylic oxidation sites excluding steroid dienone is 2. The van der Waals surface area contributed by atoms with Crippen molar-refractivity contribution < 1.29 is 33.1 Å². The Morgan fingerprint density at radius 1 is 0.413 bits per heavy atom. The summed E-state index contributed by atoms with van der Waals surface area (Å²) in [6.07, 6.45) is 14.3. The van der Waals surface area contributed by atoms with Gasteiger partial charge in [-0.2, -0.15) is 0 Å². The van der Waals surface area contributed by atoms with Crippen LogP contribution in [-0.2, 0) is 26.3 Å². The van der Waals surface area contributed by atoms with Crippen LogP contribution in [-0.4, -0.2) is 48.9 Å². The molecule has 0 fully saturated rings. The van der Waals surface area contributed by atoms with E-state index in [1.165, 1.54) is 49.9 Å². The number of ketones is 2. The smallest absolute Gasteiger partial charge is 0.331 e. The number of fused-ring (bicyclic) bond motifs is 6. The first-order valence-corrected chi connectivity index (χ1v) is 40.8. The number of hydrogen-bond acceptors (Lipinski definition) is 10. The Kier molecular flexibility index (Phi) is 41.8. The van der Waals surface area contributed by atoms with Crippen LogP contribution in [0.25, 0.3) is 84.7 Å². The standard InChI is InChI=1S/C32H30N2O2.C26H25NO2.C25H23NO.C22H26N2O2.8CH4/c1-3-24(2)32(36)33-27-17-21-30(22-18-27)34(28-12-8-5-9-13-28)29-19-15-26(16-20-29)31(35)23-14-25-10-6-4-7-11-25;1-3-19(2)27-24-12-8-7-11-22(24)23-17-21(13-15-25(23)27)18-29-26(28)16-14-20-9-5-4-6-10-20;1-3-18(2)26-23-12-8-7-11-21(23)22-17-20(14-15-24(22)26)25(27)16-13-19-9-5-4-6-10-19;1-6-15(2)25-19-13-9-17(10-14-19)21-24-23-20(26-21)16-7-11-18(12-8-16)22(3,4)5;;;;;;;;/h4-24H,3H2,1-2H3,(H,33,36);4-17,19H,3,18H2,1-2H3;4-18H,3H2,1-2H3;7-15H,6H2,1-5H3;8*1H4/b23-14+;16-14+;16-13+;;;;;;;;;. The van der Waals surface area contributed by atoms with Crippen LogP contribution in [0.15, 0.2) is 326 Å². The van der Waals surface area contributed by atoms with Crippen LogP contribution < -0.4 is 15.0 Å². The van der Waals surface area contributed by atoms with Crippen LogP contribution in [0.3, 0.4) is 0 Å². The number of carbonyl (C=O) groups excluding carboxylic acids is 4. The van der Waals surface area contributed by atoms with Crippen molar-refractivity contribution in [3.05, 3.63) is 360 Å². The monoisotopic (exact) mass is 1690 g/mol. The number of nitrogens with zero attached hydrogens (tertiary/aromatic N) is 5. The number of hydrogen-bond donors (Lipinski definition) is 1. The molecule has 0 aliphatic carbocycles. The highest BCUT2D eigenvalue weighted by molar-refractivity contribution is 6.14. The lowest BCUT2D eigenvalue weighted by atomic mass is 9.87. The Bertz CT molecular complexity index is 5920. The van der Waals surface area contributed by atoms with Gasteiger partial charge in [-0.05, 0) is 237 Å². The van der Waals surface area contributed by atoms with Gasteiger partial charge in [0.15, 0.2) is 11.6 Å². The van der Waals surface area contributed by atoms with E-state index in [0.717, 1.165) is 98.5 Å². The number of ether oxygens (including phenoxy) is 2. The van der Waals surface area contributed by atoms with E-state index in [2.05, 4.69) is 171 Å². The number of anilines is 4. The molecule has 660 valence electrons. The van der Waals surface area contributed by atoms with Crippen LogP contribution in [0.1, 0.15) is 222 Å². The van der Waals surface area contributed by atoms with Gasteiger partial charge in [0.05, 0.1) is 6.10 Å². The zero-order valence-corrected chi connectivity index (χ0v) is 69.3. The second-order valence-corrected chi connectivity index (χ2v) is 30.6. The summed E-state index contributed by atoms with van der Waals surface area (Å²) in [5.41, 5.74) is 17.1. The molecule has 1 amide bonds. The molecule has 0 bridgehead atoms. The van der Waals surface area contributed by atoms with Crippen molar-refractivity contribution in [2.24, 2.45) is 5.92 Å². The van der Waals surface area contributed by atoms with Crippen molar-refractivity contribution in [3.63, 3.8) is 0 Å². The van der Waals surface area contributed by atoms with Gasteiger partial charge in [0.2, 0.25) is 17.7 Å². The maximum atomic E-state index is 12.7. The number of para-hydroxylation sites is 3. The summed E-state index contributed by atoms with van der Waals surface area (Å²) < 4.78 is 21.9. The molecule has 12 aromatic carbocycles. The molecule has 0 aliphatic heterocycles. The quantitative estimate of drug-likeness (QED) is 0.0333. The molecular weight excluding hydrogens is 1550 g/mol. The summed E-state index contributed by atoms with van der Waals surface area (Å²) in [5, 5.41) is 16.1. The van der Waals surface area contributed by atoms with Crippen molar-refractivity contribution in [1.29, 1.82) is 0 Å². The lowest BCUT2D eigenvalue weighted by Gasteiger charge is -2.25. The second-order valence-electron chi connectivity index (χ2n) is 30.6. The van der Waals surface area contributed by atoms with Crippen LogP contribution in [0.4, 0.5) is 22.7 Å². The molecule has 3 heterocycles. The van der Waals surface area contributed by atoms with Gasteiger partial charge in [-0.25, -0.2) is 4.79 Å². The summed E-state index contributed by atoms with van der Waals surface area (Å²) in [5.74, 6) is 1.52. The predicted molar refractivity (Wildman–Crippen MR) is 541 cm³/mol. The van der Waals surface area contributed by atoms with E-state index in [1.54, 1.807) is 18.2 Å². The number of carbonyl (C=O) groups is 4. The summed E-state index contributed by atoms with van der Waals surface area (Å²) >= 11 is 0. The van der Waals surface area contributed by atoms with Gasteiger partial charge in [-0.15, -0.1) is 10.2 Å². The summed E-state index contributed by atoms with van der Waals surface area (Å²) in [4.78, 5) is 51.9. The summed E-state index contributed by atoms with van der Waals surface area (Å²) in [7, 11) is 0. The van der Waals surface area contributed by atoms with Crippen LogP contribution in [0.2, 0.25) is 0 Å². The zero-order chi connectivity index (χ0) is 83.1. The Balaban J connectivity index is 0.000000347. The normalized spacial score (nSPS) is 11.6. The average molecular weight is 1690 g/mol. The maximum absolute atomic E-state index is 12.7. The summed E-state index contributed by atoms with van der Waals surface area (Å²) in [6.45, 7) is 23.8. The molecule has 4 unspecified atom stereocenters. The first kappa shape index (κ1) is 105. The first-order chi connectivity index (χ1) is 57.3. The van der Waals surface area contributed by atoms with Gasteiger partial charge < -0.3 is 33.2 Å². The van der Waals surface area contributed by atoms with E-state index < -0.39 is 0 Å². The number of esters is 1. The van der Waals surface area contributed by atoms with Gasteiger partial charge in [0.1, 0.15) is 12.4 Å². The van der Waals surface area contributed by atoms with E-state index >= 15 is 0 Å². The minimum absolute atomic E-state index is 0. The van der Waals surface area contributed by atoms with Crippen molar-refractivity contribution in [2.45, 2.75) is 191 Å². The fraction of sp³-hybridized carbons (Fsp3) is 0.257. The van der Waals surface area contributed by atoms with E-state index in [1.807, 2.05) is 250 Å². The largest absolute Gasteiger partial charge is 0.491 e. The van der Waals surface area contributed by atoms with Crippen molar-refractivity contribution >= 4 is 108 Å². The number of benzene rings is 12. The van der Waals surface area contributed by atoms with Crippen molar-refractivity contribution in [1.82, 2.24) is 19.3 Å². The lowest BCUT2D eigenvalue weighted by molar-refractivity contribution is -0.138. The van der Waals surface area contributed by atoms with Gasteiger partial charge in [-0.3, -0.25) is 14.4 Å². The first-order valence-electron chi connectivity index (χ1n) is 40.8. The lowest BCUT2D eigenvalue weighted by Crippen LogP contribution is -2.19. The highest BCUT2D eigenvalue weighted by Gasteiger charge is 2.21. The number of rotatable bonds is 25. The van der Waals surface area contributed by atoms with Gasteiger partial charge in [0.25, 0.3) is 0 Å². The minimum atomic E-state index is -0.337. The fourth-order valence-corrected chi connectivity index (χ4v) is 13.7. The molecule has 0 spiro atoms. The summed E-state index contributed by atoms with van der Waals surface area (Å²) in [6, 6.07) is 101. The SMILES string of the molecule is C.C.C.C.C.C.C.C.CCC(C)C(=O)Nc1ccc(N(c2ccccc2)c2ccc(C(=O)/C=C/c3ccccc3)cc2)cc1.CCC(C)Oc1ccc(-c2nnc(-c3ccc(C(C)(C)C)cc3)o2)cc1.CCC(C)n1c2ccccc2c2cc(C(=O)/C=C/c3ccccc3)ccc21.CCC(C)n1c2ccccc2c2cc(COC(=O)/C=C/c3ccccc3)ccc21. The maximum Gasteiger partial charge on any atom is 0.331 e. The molecule has 0 radical (unpaired) electrons.